The summed E-state index contributed by atoms with van der Waals surface area (Å²) in [5.41, 5.74) is 0. The van der Waals surface area contributed by atoms with Gasteiger partial charge in [0.1, 0.15) is 10.3 Å². The number of carboxylic acids is 1. The summed E-state index contributed by atoms with van der Waals surface area (Å²) in [6.45, 7) is -0.804. The molecule has 0 saturated heterocycles. The molecule has 0 radical (unpaired) electrons. The number of carbonyl (C=O) groups is 1. The van der Waals surface area contributed by atoms with E-state index < -0.39 is 28.6 Å². The van der Waals surface area contributed by atoms with Gasteiger partial charge < -0.3 is 10.2 Å². The summed E-state index contributed by atoms with van der Waals surface area (Å²) >= 11 is 4.05. The number of hydrogen-bond donors (Lipinski definition) is 3. The van der Waals surface area contributed by atoms with E-state index in [4.69, 9.17) is 10.2 Å². The van der Waals surface area contributed by atoms with Crippen LogP contribution in [-0.4, -0.2) is 37.2 Å². The molecule has 9 heteroatoms. The smallest absolute Gasteiger partial charge is 0.324 e. The normalized spacial score (nSPS) is 13.6. The molecule has 0 unspecified atom stereocenters. The molecule has 0 saturated carbocycles. The fourth-order valence-electron chi connectivity index (χ4n) is 0.853. The van der Waals surface area contributed by atoms with Gasteiger partial charge in [-0.2, -0.15) is 4.72 Å². The van der Waals surface area contributed by atoms with Crippen LogP contribution in [0, 0.1) is 0 Å². The second kappa shape index (κ2) is 5.23. The predicted octanol–water partition coefficient (Wildman–Crippen LogP) is 0.234. The van der Waals surface area contributed by atoms with E-state index in [1.165, 1.54) is 12.1 Å². The number of thiophene rings is 1. The van der Waals surface area contributed by atoms with Crippen molar-refractivity contribution < 1.29 is 23.4 Å². The number of hydrogen-bond acceptors (Lipinski definition) is 5. The summed E-state index contributed by atoms with van der Waals surface area (Å²) in [5, 5.41) is 17.3. The van der Waals surface area contributed by atoms with Gasteiger partial charge >= 0.3 is 5.97 Å². The number of aliphatic carboxylic acids is 1. The van der Waals surface area contributed by atoms with Crippen molar-refractivity contribution in [3.63, 3.8) is 0 Å². The van der Waals surface area contributed by atoms with Gasteiger partial charge in [-0.3, -0.25) is 4.79 Å². The number of halogens is 1. The molecule has 1 atom stereocenters. The zero-order valence-corrected chi connectivity index (χ0v) is 11.0. The predicted molar refractivity (Wildman–Crippen MR) is 60.9 cm³/mol. The molecule has 6 nitrogen and oxygen atoms in total. The molecule has 1 rings (SSSR count). The SMILES string of the molecule is O=C(O)[C@H](CO)NS(=O)(=O)c1ccc(Br)s1. The van der Waals surface area contributed by atoms with Gasteiger partial charge in [0.25, 0.3) is 10.0 Å². The molecule has 1 aromatic heterocycles. The summed E-state index contributed by atoms with van der Waals surface area (Å²) in [4.78, 5) is 10.6. The lowest BCUT2D eigenvalue weighted by molar-refractivity contribution is -0.139. The van der Waals surface area contributed by atoms with Crippen LogP contribution in [0.25, 0.3) is 0 Å². The Hall–Kier alpha value is -0.480. The largest absolute Gasteiger partial charge is 0.480 e. The second-order valence-corrected chi connectivity index (χ2v) is 7.16. The zero-order valence-electron chi connectivity index (χ0n) is 7.75. The van der Waals surface area contributed by atoms with Crippen LogP contribution < -0.4 is 4.72 Å². The van der Waals surface area contributed by atoms with Gasteiger partial charge in [-0.05, 0) is 28.1 Å². The first kappa shape index (κ1) is 13.6. The highest BCUT2D eigenvalue weighted by Crippen LogP contribution is 2.25. The van der Waals surface area contributed by atoms with E-state index in [2.05, 4.69) is 15.9 Å². The Morgan fingerprint density at radius 2 is 2.19 bits per heavy atom. The van der Waals surface area contributed by atoms with Crippen molar-refractivity contribution in [3.8, 4) is 0 Å². The molecule has 0 aromatic carbocycles. The van der Waals surface area contributed by atoms with E-state index in [9.17, 15) is 13.2 Å². The van der Waals surface area contributed by atoms with Gasteiger partial charge in [-0.1, -0.05) is 0 Å². The summed E-state index contributed by atoms with van der Waals surface area (Å²) in [7, 11) is -3.90. The first-order valence-electron chi connectivity index (χ1n) is 3.98. The Balaban J connectivity index is 2.91. The molecular formula is C7H8BrNO5S2. The molecule has 16 heavy (non-hydrogen) atoms. The second-order valence-electron chi connectivity index (χ2n) is 2.75. The van der Waals surface area contributed by atoms with E-state index in [1.54, 1.807) is 0 Å². The molecule has 0 aliphatic heterocycles. The third-order valence-corrected chi connectivity index (χ3v) is 5.18. The lowest BCUT2D eigenvalue weighted by Crippen LogP contribution is -2.42. The van der Waals surface area contributed by atoms with Crippen molar-refractivity contribution in [1.82, 2.24) is 4.72 Å². The van der Waals surface area contributed by atoms with Gasteiger partial charge in [0, 0.05) is 0 Å². The molecule has 0 amide bonds. The van der Waals surface area contributed by atoms with E-state index in [-0.39, 0.29) is 4.21 Å². The van der Waals surface area contributed by atoms with E-state index in [0.29, 0.717) is 3.79 Å². The van der Waals surface area contributed by atoms with E-state index in [1.807, 2.05) is 4.72 Å². The van der Waals surface area contributed by atoms with Crippen LogP contribution in [0.2, 0.25) is 0 Å². The first-order valence-corrected chi connectivity index (χ1v) is 7.07. The van der Waals surface area contributed by atoms with Crippen LogP contribution in [-0.2, 0) is 14.8 Å². The maximum Gasteiger partial charge on any atom is 0.324 e. The highest BCUT2D eigenvalue weighted by Gasteiger charge is 2.25. The van der Waals surface area contributed by atoms with Crippen LogP contribution in [0.1, 0.15) is 0 Å². The van der Waals surface area contributed by atoms with Crippen molar-refractivity contribution in [2.45, 2.75) is 10.3 Å². The average Bonchev–Trinajstić information content (AvgIpc) is 2.61. The molecule has 0 bridgehead atoms. The molecule has 0 aliphatic carbocycles. The van der Waals surface area contributed by atoms with Crippen LogP contribution >= 0.6 is 27.3 Å². The van der Waals surface area contributed by atoms with Gasteiger partial charge in [-0.15, -0.1) is 11.3 Å². The van der Waals surface area contributed by atoms with Crippen molar-refractivity contribution in [2.24, 2.45) is 0 Å². The van der Waals surface area contributed by atoms with Crippen molar-refractivity contribution >= 4 is 43.3 Å². The lowest BCUT2D eigenvalue weighted by Gasteiger charge is -2.10. The topological polar surface area (TPSA) is 104 Å². The Labute approximate surface area is 104 Å². The van der Waals surface area contributed by atoms with Crippen molar-refractivity contribution in [3.05, 3.63) is 15.9 Å². The molecule has 0 fully saturated rings. The Morgan fingerprint density at radius 1 is 1.56 bits per heavy atom. The fourth-order valence-corrected chi connectivity index (χ4v) is 4.06. The van der Waals surface area contributed by atoms with Gasteiger partial charge in [-0.25, -0.2) is 8.42 Å². The van der Waals surface area contributed by atoms with Crippen LogP contribution in [0.5, 0.6) is 0 Å². The first-order chi connectivity index (χ1) is 7.36. The van der Waals surface area contributed by atoms with Crippen molar-refractivity contribution in [2.75, 3.05) is 6.61 Å². The zero-order chi connectivity index (χ0) is 12.3. The maximum absolute atomic E-state index is 11.6. The standard InChI is InChI=1S/C7H8BrNO5S2/c8-5-1-2-6(15-5)16(13,14)9-4(3-10)7(11)12/h1-2,4,9-10H,3H2,(H,11,12)/t4-/m0/s1. The number of nitrogens with one attached hydrogen (secondary N) is 1. The van der Waals surface area contributed by atoms with Crippen LogP contribution in [0.15, 0.2) is 20.1 Å². The Kier molecular flexibility index (Phi) is 4.44. The van der Waals surface area contributed by atoms with E-state index in [0.717, 1.165) is 11.3 Å². The van der Waals surface area contributed by atoms with E-state index >= 15 is 0 Å². The van der Waals surface area contributed by atoms with Gasteiger partial charge in [0.2, 0.25) is 0 Å². The Morgan fingerprint density at radius 3 is 2.56 bits per heavy atom. The summed E-state index contributed by atoms with van der Waals surface area (Å²) in [5.74, 6) is -1.43. The summed E-state index contributed by atoms with van der Waals surface area (Å²) < 4.78 is 25.7. The van der Waals surface area contributed by atoms with Gasteiger partial charge in [0.05, 0.1) is 10.4 Å². The minimum Gasteiger partial charge on any atom is -0.480 e. The fraction of sp³-hybridized carbons (Fsp3) is 0.286. The molecular weight excluding hydrogens is 322 g/mol. The maximum atomic E-state index is 11.6. The molecule has 90 valence electrons. The minimum absolute atomic E-state index is 0.0147. The third kappa shape index (κ3) is 3.25. The quantitative estimate of drug-likeness (QED) is 0.717. The highest BCUT2D eigenvalue weighted by molar-refractivity contribution is 9.11. The molecule has 0 aliphatic rings. The Bertz CT molecular complexity index is 483. The van der Waals surface area contributed by atoms with Crippen LogP contribution in [0.3, 0.4) is 0 Å². The third-order valence-electron chi connectivity index (χ3n) is 1.59. The average molecular weight is 330 g/mol. The molecule has 1 heterocycles. The highest BCUT2D eigenvalue weighted by atomic mass is 79.9. The number of sulfonamides is 1. The molecule has 1 aromatic rings. The number of carboxylic acid groups (broad SMARTS) is 1. The van der Waals surface area contributed by atoms with Gasteiger partial charge in [0.15, 0.2) is 0 Å². The summed E-state index contributed by atoms with van der Waals surface area (Å²) in [6, 6.07) is 1.34. The number of rotatable bonds is 5. The van der Waals surface area contributed by atoms with Crippen LogP contribution in [0.4, 0.5) is 0 Å². The number of aliphatic hydroxyl groups is 1. The molecule has 3 N–H and O–H groups in total. The van der Waals surface area contributed by atoms with Crippen molar-refractivity contribution in [1.29, 1.82) is 0 Å². The summed E-state index contributed by atoms with van der Waals surface area (Å²) in [6.07, 6.45) is 0. The monoisotopic (exact) mass is 329 g/mol. The molecule has 0 spiro atoms. The minimum atomic E-state index is -3.90. The number of aliphatic hydroxyl groups excluding tert-OH is 1. The lowest BCUT2D eigenvalue weighted by atomic mass is 10.3.